The third-order valence-corrected chi connectivity index (χ3v) is 6.94. The summed E-state index contributed by atoms with van der Waals surface area (Å²) in [5, 5.41) is 6.83. The molecule has 6 rings (SSSR count). The molecule has 0 aliphatic carbocycles. The molecular formula is C26H25N7OS. The summed E-state index contributed by atoms with van der Waals surface area (Å²) in [6.45, 7) is 4.65. The molecule has 1 N–H and O–H groups in total. The van der Waals surface area contributed by atoms with Crippen molar-refractivity contribution in [3.05, 3.63) is 84.2 Å². The number of nitrogens with one attached hydrogen (secondary N) is 1. The number of hydrogen-bond acceptors (Lipinski definition) is 8. The van der Waals surface area contributed by atoms with Gasteiger partial charge in [0.2, 0.25) is 0 Å². The molecule has 1 saturated heterocycles. The fraction of sp³-hybridized carbons (Fsp3) is 0.231. The summed E-state index contributed by atoms with van der Waals surface area (Å²) >= 11 is 1.67. The monoisotopic (exact) mass is 483 g/mol. The zero-order chi connectivity index (χ0) is 23.5. The Morgan fingerprint density at radius 3 is 2.69 bits per heavy atom. The molecular weight excluding hydrogens is 458 g/mol. The van der Waals surface area contributed by atoms with E-state index in [2.05, 4.69) is 55.9 Å². The van der Waals surface area contributed by atoms with Crippen LogP contribution in [0.25, 0.3) is 27.2 Å². The minimum Gasteiger partial charge on any atom is -0.379 e. The summed E-state index contributed by atoms with van der Waals surface area (Å²) < 4.78 is 7.39. The number of aromatic nitrogens is 5. The molecule has 1 aliphatic rings. The second-order valence-electron chi connectivity index (χ2n) is 8.42. The summed E-state index contributed by atoms with van der Waals surface area (Å²) in [7, 11) is 0. The number of rotatable bonds is 7. The van der Waals surface area contributed by atoms with E-state index >= 15 is 0 Å². The number of hydrogen-bond donors (Lipinski definition) is 1. The number of pyridine rings is 1. The highest BCUT2D eigenvalue weighted by Gasteiger charge is 2.18. The lowest BCUT2D eigenvalue weighted by atomic mass is 10.1. The molecule has 9 heteroatoms. The minimum atomic E-state index is 0.615. The van der Waals surface area contributed by atoms with Crippen molar-refractivity contribution < 1.29 is 4.74 Å². The van der Waals surface area contributed by atoms with Crippen molar-refractivity contribution in [2.24, 2.45) is 0 Å². The van der Waals surface area contributed by atoms with E-state index in [1.165, 1.54) is 0 Å². The lowest BCUT2D eigenvalue weighted by Gasteiger charge is -2.25. The first-order valence-electron chi connectivity index (χ1n) is 11.6. The van der Waals surface area contributed by atoms with E-state index in [0.717, 1.165) is 70.7 Å². The minimum absolute atomic E-state index is 0.615. The van der Waals surface area contributed by atoms with Crippen LogP contribution in [-0.4, -0.2) is 55.7 Å². The molecule has 0 spiro atoms. The first kappa shape index (κ1) is 21.8. The molecule has 35 heavy (non-hydrogen) atoms. The number of fused-ring (bicyclic) bond motifs is 1. The fourth-order valence-corrected chi connectivity index (χ4v) is 5.19. The van der Waals surface area contributed by atoms with Gasteiger partial charge in [0.15, 0.2) is 0 Å². The predicted molar refractivity (Wildman–Crippen MR) is 138 cm³/mol. The van der Waals surface area contributed by atoms with Crippen LogP contribution < -0.4 is 5.32 Å². The number of anilines is 1. The molecule has 4 aromatic heterocycles. The van der Waals surface area contributed by atoms with E-state index in [1.807, 2.05) is 29.1 Å². The lowest BCUT2D eigenvalue weighted by Crippen LogP contribution is -2.36. The Morgan fingerprint density at radius 2 is 1.91 bits per heavy atom. The molecule has 0 bridgehead atoms. The van der Waals surface area contributed by atoms with E-state index in [9.17, 15) is 0 Å². The van der Waals surface area contributed by atoms with Crippen molar-refractivity contribution in [3.8, 4) is 16.9 Å². The largest absolute Gasteiger partial charge is 0.379 e. The van der Waals surface area contributed by atoms with E-state index in [1.54, 1.807) is 23.9 Å². The van der Waals surface area contributed by atoms with Gasteiger partial charge in [0.05, 0.1) is 25.1 Å². The maximum absolute atomic E-state index is 5.50. The molecule has 5 aromatic rings. The third kappa shape index (κ3) is 4.79. The van der Waals surface area contributed by atoms with Crippen LogP contribution in [0.15, 0.2) is 72.8 Å². The lowest BCUT2D eigenvalue weighted by molar-refractivity contribution is 0.0331. The molecule has 8 nitrogen and oxygen atoms in total. The van der Waals surface area contributed by atoms with Crippen LogP contribution in [0.1, 0.15) is 11.4 Å². The molecule has 1 aliphatic heterocycles. The first-order chi connectivity index (χ1) is 17.3. The van der Waals surface area contributed by atoms with E-state index < -0.39 is 0 Å². The number of nitrogens with zero attached hydrogens (tertiary/aromatic N) is 6. The number of imidazole rings is 1. The maximum Gasteiger partial charge on any atom is 0.146 e. The number of morpholine rings is 1. The Morgan fingerprint density at radius 1 is 1.03 bits per heavy atom. The fourth-order valence-electron chi connectivity index (χ4n) is 4.23. The zero-order valence-corrected chi connectivity index (χ0v) is 20.0. The molecule has 1 aromatic carbocycles. The first-order valence-corrected chi connectivity index (χ1v) is 12.5. The Bertz CT molecular complexity index is 1400. The van der Waals surface area contributed by atoms with Gasteiger partial charge in [-0.25, -0.2) is 19.9 Å². The summed E-state index contributed by atoms with van der Waals surface area (Å²) in [6, 6.07) is 14.5. The SMILES string of the molecule is c1ccc(-c2csc3nc(CN4CCOCC4)nc(NCc4ccc(-n5ccnc5)nc4)c23)cc1. The van der Waals surface area contributed by atoms with E-state index in [-0.39, 0.29) is 0 Å². The van der Waals surface area contributed by atoms with Crippen molar-refractivity contribution in [1.82, 2.24) is 29.4 Å². The van der Waals surface area contributed by atoms with Crippen molar-refractivity contribution in [2.45, 2.75) is 13.1 Å². The normalized spacial score (nSPS) is 14.4. The third-order valence-electron chi connectivity index (χ3n) is 6.07. The van der Waals surface area contributed by atoms with Crippen molar-refractivity contribution in [2.75, 3.05) is 31.6 Å². The molecule has 0 atom stereocenters. The second kappa shape index (κ2) is 9.91. The van der Waals surface area contributed by atoms with Gasteiger partial charge in [-0.1, -0.05) is 36.4 Å². The van der Waals surface area contributed by atoms with Gasteiger partial charge in [0, 0.05) is 49.2 Å². The zero-order valence-electron chi connectivity index (χ0n) is 19.2. The van der Waals surface area contributed by atoms with Crippen LogP contribution in [0.4, 0.5) is 5.82 Å². The predicted octanol–water partition coefficient (Wildman–Crippen LogP) is 4.38. The van der Waals surface area contributed by atoms with Gasteiger partial charge < -0.3 is 10.1 Å². The standard InChI is InChI=1S/C26H25N7OS/c1-2-4-20(5-3-1)21-17-35-26-24(21)25(30-22(31-26)16-32-10-12-34-13-11-32)29-15-19-6-7-23(28-14-19)33-9-8-27-18-33/h1-9,14,17-18H,10-13,15-16H2,(H,29,30,31). The van der Waals surface area contributed by atoms with E-state index in [0.29, 0.717) is 13.1 Å². The van der Waals surface area contributed by atoms with Gasteiger partial charge in [-0.3, -0.25) is 9.47 Å². The molecule has 0 saturated carbocycles. The molecule has 176 valence electrons. The number of ether oxygens (including phenoxy) is 1. The topological polar surface area (TPSA) is 81.0 Å². The van der Waals surface area contributed by atoms with Crippen LogP contribution in [0.3, 0.4) is 0 Å². The summed E-state index contributed by atoms with van der Waals surface area (Å²) in [6.07, 6.45) is 7.27. The average Bonchev–Trinajstić information content (AvgIpc) is 3.60. The number of benzene rings is 1. The highest BCUT2D eigenvalue weighted by atomic mass is 32.1. The molecule has 5 heterocycles. The van der Waals surface area contributed by atoms with Gasteiger partial charge in [-0.15, -0.1) is 11.3 Å². The van der Waals surface area contributed by atoms with E-state index in [4.69, 9.17) is 14.7 Å². The van der Waals surface area contributed by atoms with Crippen LogP contribution in [0.2, 0.25) is 0 Å². The van der Waals surface area contributed by atoms with Crippen LogP contribution in [0, 0.1) is 0 Å². The van der Waals surface area contributed by atoms with Crippen molar-refractivity contribution in [1.29, 1.82) is 0 Å². The Labute approximate surface area is 207 Å². The molecule has 1 fully saturated rings. The van der Waals surface area contributed by atoms with Crippen LogP contribution in [0.5, 0.6) is 0 Å². The quantitative estimate of drug-likeness (QED) is 0.368. The van der Waals surface area contributed by atoms with Gasteiger partial charge in [-0.05, 0) is 17.2 Å². The van der Waals surface area contributed by atoms with Gasteiger partial charge in [0.25, 0.3) is 0 Å². The van der Waals surface area contributed by atoms with Gasteiger partial charge in [0.1, 0.15) is 28.6 Å². The van der Waals surface area contributed by atoms with Crippen LogP contribution in [-0.2, 0) is 17.8 Å². The summed E-state index contributed by atoms with van der Waals surface area (Å²) in [4.78, 5) is 21.9. The molecule has 0 radical (unpaired) electrons. The highest BCUT2D eigenvalue weighted by Crippen LogP contribution is 2.37. The molecule has 0 amide bonds. The smallest absolute Gasteiger partial charge is 0.146 e. The Balaban J connectivity index is 1.31. The van der Waals surface area contributed by atoms with Gasteiger partial charge >= 0.3 is 0 Å². The second-order valence-corrected chi connectivity index (χ2v) is 9.28. The van der Waals surface area contributed by atoms with Crippen molar-refractivity contribution in [3.63, 3.8) is 0 Å². The van der Waals surface area contributed by atoms with Crippen LogP contribution >= 0.6 is 11.3 Å². The van der Waals surface area contributed by atoms with Crippen molar-refractivity contribution >= 4 is 27.4 Å². The number of thiophene rings is 1. The summed E-state index contributed by atoms with van der Waals surface area (Å²) in [5.41, 5.74) is 3.39. The Hall–Kier alpha value is -3.66. The highest BCUT2D eigenvalue weighted by molar-refractivity contribution is 7.17. The average molecular weight is 484 g/mol. The Kier molecular flexibility index (Phi) is 6.18. The maximum atomic E-state index is 5.50. The molecule has 0 unspecified atom stereocenters. The van der Waals surface area contributed by atoms with Gasteiger partial charge in [-0.2, -0.15) is 0 Å². The summed E-state index contributed by atoms with van der Waals surface area (Å²) in [5.74, 6) is 2.53.